The minimum Gasteiger partial charge on any atom is -0.276 e. The number of nitrogens with zero attached hydrogens (tertiary/aromatic N) is 1. The largest absolute Gasteiger partial charge is 0.276 e. The number of nitrogens with one attached hydrogen (secondary N) is 2. The van der Waals surface area contributed by atoms with Crippen LogP contribution in [0.15, 0.2) is 47.4 Å². The molecule has 0 saturated carbocycles. The third-order valence-corrected chi connectivity index (χ3v) is 4.82. The van der Waals surface area contributed by atoms with E-state index >= 15 is 0 Å². The molecule has 0 aliphatic carbocycles. The minimum atomic E-state index is -3.76. The highest BCUT2D eigenvalue weighted by Gasteiger charge is 2.18. The summed E-state index contributed by atoms with van der Waals surface area (Å²) in [5, 5.41) is 8.09. The van der Waals surface area contributed by atoms with Gasteiger partial charge in [-0.1, -0.05) is 29.3 Å². The fourth-order valence-corrected chi connectivity index (χ4v) is 3.31. The van der Waals surface area contributed by atoms with Crippen molar-refractivity contribution in [1.82, 2.24) is 10.2 Å². The molecule has 0 atom stereocenters. The molecule has 5 nitrogen and oxygen atoms in total. The Labute approximate surface area is 130 Å². The van der Waals surface area contributed by atoms with Crippen molar-refractivity contribution in [3.63, 3.8) is 0 Å². The Morgan fingerprint density at radius 2 is 1.76 bits per heavy atom. The molecule has 0 unspecified atom stereocenters. The first-order valence-electron chi connectivity index (χ1n) is 5.88. The highest BCUT2D eigenvalue weighted by atomic mass is 35.5. The molecular formula is C13H9Cl2N3O2S. The van der Waals surface area contributed by atoms with E-state index in [0.29, 0.717) is 20.9 Å². The van der Waals surface area contributed by atoms with Crippen LogP contribution < -0.4 is 4.72 Å². The van der Waals surface area contributed by atoms with Crippen LogP contribution in [-0.4, -0.2) is 18.6 Å². The van der Waals surface area contributed by atoms with Gasteiger partial charge in [-0.2, -0.15) is 5.10 Å². The molecule has 1 aromatic heterocycles. The molecule has 2 N–H and O–H groups in total. The SMILES string of the molecule is O=S(=O)(Nc1n[nH]c2cccc(Cl)c12)c1ccc(Cl)cc1. The molecule has 21 heavy (non-hydrogen) atoms. The summed E-state index contributed by atoms with van der Waals surface area (Å²) >= 11 is 11.8. The van der Waals surface area contributed by atoms with E-state index in [1.165, 1.54) is 24.3 Å². The summed E-state index contributed by atoms with van der Waals surface area (Å²) in [6.45, 7) is 0. The smallest absolute Gasteiger partial charge is 0.263 e. The van der Waals surface area contributed by atoms with Gasteiger partial charge in [0.1, 0.15) is 0 Å². The Balaban J connectivity index is 2.03. The second-order valence-electron chi connectivity index (χ2n) is 4.29. The highest BCUT2D eigenvalue weighted by Crippen LogP contribution is 2.29. The molecule has 108 valence electrons. The van der Waals surface area contributed by atoms with Crippen molar-refractivity contribution in [2.75, 3.05) is 4.72 Å². The third-order valence-electron chi connectivity index (χ3n) is 2.89. The van der Waals surface area contributed by atoms with Gasteiger partial charge in [-0.15, -0.1) is 0 Å². The third kappa shape index (κ3) is 2.70. The van der Waals surface area contributed by atoms with Crippen molar-refractivity contribution < 1.29 is 8.42 Å². The lowest BCUT2D eigenvalue weighted by Crippen LogP contribution is -2.13. The van der Waals surface area contributed by atoms with Crippen molar-refractivity contribution in [3.05, 3.63) is 52.5 Å². The molecule has 0 bridgehead atoms. The maximum atomic E-state index is 12.3. The van der Waals surface area contributed by atoms with Gasteiger partial charge in [-0.05, 0) is 36.4 Å². The van der Waals surface area contributed by atoms with Crippen molar-refractivity contribution >= 4 is 49.9 Å². The lowest BCUT2D eigenvalue weighted by Gasteiger charge is -2.06. The number of hydrogen-bond donors (Lipinski definition) is 2. The fourth-order valence-electron chi connectivity index (χ4n) is 1.90. The average molecular weight is 342 g/mol. The van der Waals surface area contributed by atoms with Crippen molar-refractivity contribution in [3.8, 4) is 0 Å². The Morgan fingerprint density at radius 1 is 1.05 bits per heavy atom. The van der Waals surface area contributed by atoms with Crippen LogP contribution in [0.5, 0.6) is 0 Å². The van der Waals surface area contributed by atoms with Gasteiger partial charge < -0.3 is 0 Å². The quantitative estimate of drug-likeness (QED) is 0.763. The Morgan fingerprint density at radius 3 is 2.48 bits per heavy atom. The lowest BCUT2D eigenvalue weighted by molar-refractivity contribution is 0.601. The molecule has 0 amide bonds. The van der Waals surface area contributed by atoms with Crippen LogP contribution in [0.4, 0.5) is 5.82 Å². The Hall–Kier alpha value is -1.76. The van der Waals surface area contributed by atoms with Crippen molar-refractivity contribution in [1.29, 1.82) is 0 Å². The van der Waals surface area contributed by atoms with Gasteiger partial charge in [-0.25, -0.2) is 8.42 Å². The van der Waals surface area contributed by atoms with E-state index in [4.69, 9.17) is 23.2 Å². The van der Waals surface area contributed by atoms with Crippen LogP contribution in [-0.2, 0) is 10.0 Å². The molecule has 0 radical (unpaired) electrons. The van der Waals surface area contributed by atoms with Crippen molar-refractivity contribution in [2.45, 2.75) is 4.90 Å². The van der Waals surface area contributed by atoms with E-state index in [9.17, 15) is 8.42 Å². The number of rotatable bonds is 3. The molecular weight excluding hydrogens is 333 g/mol. The number of sulfonamides is 1. The van der Waals surface area contributed by atoms with Gasteiger partial charge in [0.05, 0.1) is 20.8 Å². The second kappa shape index (κ2) is 5.22. The molecule has 0 aliphatic heterocycles. The summed E-state index contributed by atoms with van der Waals surface area (Å²) < 4.78 is 27.0. The highest BCUT2D eigenvalue weighted by molar-refractivity contribution is 7.92. The van der Waals surface area contributed by atoms with Crippen LogP contribution in [0.2, 0.25) is 10.0 Å². The zero-order chi connectivity index (χ0) is 15.0. The van der Waals surface area contributed by atoms with E-state index in [1.807, 2.05) is 0 Å². The number of hydrogen-bond acceptors (Lipinski definition) is 3. The van der Waals surface area contributed by atoms with E-state index in [-0.39, 0.29) is 10.7 Å². The van der Waals surface area contributed by atoms with Crippen LogP contribution in [0.25, 0.3) is 10.9 Å². The number of fused-ring (bicyclic) bond motifs is 1. The van der Waals surface area contributed by atoms with E-state index in [0.717, 1.165) is 0 Å². The molecule has 2 aromatic carbocycles. The summed E-state index contributed by atoms with van der Waals surface area (Å²) in [6, 6.07) is 11.0. The Bertz CT molecular complexity index is 905. The zero-order valence-corrected chi connectivity index (χ0v) is 12.8. The molecule has 3 aromatic rings. The first-order valence-corrected chi connectivity index (χ1v) is 8.12. The number of halogens is 2. The van der Waals surface area contributed by atoms with Crippen LogP contribution >= 0.6 is 23.2 Å². The monoisotopic (exact) mass is 341 g/mol. The topological polar surface area (TPSA) is 74.8 Å². The molecule has 0 saturated heterocycles. The number of aromatic nitrogens is 2. The predicted molar refractivity (Wildman–Crippen MR) is 83.4 cm³/mol. The first-order chi connectivity index (χ1) is 9.97. The predicted octanol–water partition coefficient (Wildman–Crippen LogP) is 3.67. The first kappa shape index (κ1) is 14.2. The molecule has 8 heteroatoms. The number of benzene rings is 2. The van der Waals surface area contributed by atoms with Crippen LogP contribution in [0.1, 0.15) is 0 Å². The zero-order valence-electron chi connectivity index (χ0n) is 10.5. The summed E-state index contributed by atoms with van der Waals surface area (Å²) in [7, 11) is -3.76. The maximum absolute atomic E-state index is 12.3. The van der Waals surface area contributed by atoms with Crippen LogP contribution in [0, 0.1) is 0 Å². The molecule has 3 rings (SSSR count). The molecule has 0 fully saturated rings. The van der Waals surface area contributed by atoms with Crippen LogP contribution in [0.3, 0.4) is 0 Å². The normalized spacial score (nSPS) is 11.7. The van der Waals surface area contributed by atoms with E-state index in [1.54, 1.807) is 18.2 Å². The summed E-state index contributed by atoms with van der Waals surface area (Å²) in [4.78, 5) is 0.0927. The number of H-pyrrole nitrogens is 1. The Kier molecular flexibility index (Phi) is 3.52. The molecule has 0 spiro atoms. The summed E-state index contributed by atoms with van der Waals surface area (Å²) in [5.74, 6) is 0.158. The van der Waals surface area contributed by atoms with Gasteiger partial charge in [0.25, 0.3) is 10.0 Å². The minimum absolute atomic E-state index is 0.0927. The molecule has 0 aliphatic rings. The second-order valence-corrected chi connectivity index (χ2v) is 6.82. The van der Waals surface area contributed by atoms with Gasteiger partial charge in [-0.3, -0.25) is 9.82 Å². The van der Waals surface area contributed by atoms with Crippen molar-refractivity contribution in [2.24, 2.45) is 0 Å². The average Bonchev–Trinajstić information content (AvgIpc) is 2.83. The number of aromatic amines is 1. The fraction of sp³-hybridized carbons (Fsp3) is 0. The molecule has 1 heterocycles. The maximum Gasteiger partial charge on any atom is 0.263 e. The lowest BCUT2D eigenvalue weighted by atomic mass is 10.2. The summed E-state index contributed by atoms with van der Waals surface area (Å²) in [6.07, 6.45) is 0. The summed E-state index contributed by atoms with van der Waals surface area (Å²) in [5.41, 5.74) is 0.649. The standard InChI is InChI=1S/C13H9Cl2N3O2S/c14-8-4-6-9(7-5-8)21(19,20)18-13-12-10(15)2-1-3-11(12)16-17-13/h1-7H,(H2,16,17,18). The van der Waals surface area contributed by atoms with Gasteiger partial charge in [0.2, 0.25) is 0 Å². The van der Waals surface area contributed by atoms with Gasteiger partial charge in [0, 0.05) is 5.02 Å². The van der Waals surface area contributed by atoms with E-state index in [2.05, 4.69) is 14.9 Å². The van der Waals surface area contributed by atoms with Gasteiger partial charge in [0.15, 0.2) is 5.82 Å². The van der Waals surface area contributed by atoms with Gasteiger partial charge >= 0.3 is 0 Å². The van der Waals surface area contributed by atoms with E-state index < -0.39 is 10.0 Å². The number of anilines is 1.